The predicted octanol–water partition coefficient (Wildman–Crippen LogP) is 1.71. The zero-order valence-corrected chi connectivity index (χ0v) is 21.5. The van der Waals surface area contributed by atoms with Gasteiger partial charge in [-0.2, -0.15) is 4.98 Å². The number of imidazole rings is 1. The van der Waals surface area contributed by atoms with Crippen LogP contribution in [-0.2, 0) is 23.7 Å². The number of ether oxygens (including phenoxy) is 5. The summed E-state index contributed by atoms with van der Waals surface area (Å²) in [6, 6.07) is 16.9. The molecule has 1 aliphatic rings. The number of esters is 2. The molecule has 0 aliphatic carbocycles. The van der Waals surface area contributed by atoms with E-state index in [-0.39, 0.29) is 36.9 Å². The number of aromatic amines is 1. The number of fused-ring (bicyclic) bond motifs is 1. The minimum Gasteiger partial charge on any atom is -0.459 e. The van der Waals surface area contributed by atoms with Crippen LogP contribution in [0.5, 0.6) is 0 Å². The second-order valence-electron chi connectivity index (χ2n) is 8.87. The van der Waals surface area contributed by atoms with Crippen LogP contribution < -0.4 is 11.3 Å². The fourth-order valence-corrected chi connectivity index (χ4v) is 4.36. The van der Waals surface area contributed by atoms with Crippen molar-refractivity contribution in [3.8, 4) is 0 Å². The third-order valence-corrected chi connectivity index (χ3v) is 6.25. The van der Waals surface area contributed by atoms with E-state index >= 15 is 0 Å². The van der Waals surface area contributed by atoms with Crippen molar-refractivity contribution in [3.05, 3.63) is 88.5 Å². The molecule has 4 atom stereocenters. The first kappa shape index (κ1) is 27.0. The first-order chi connectivity index (χ1) is 19.5. The molecular formula is C27H27N5O8. The molecule has 1 fully saturated rings. The summed E-state index contributed by atoms with van der Waals surface area (Å²) in [5, 5.41) is 0. The zero-order chi connectivity index (χ0) is 28.1. The van der Waals surface area contributed by atoms with Gasteiger partial charge < -0.3 is 29.4 Å². The molecule has 0 amide bonds. The molecule has 3 N–H and O–H groups in total. The average Bonchev–Trinajstić information content (AvgIpc) is 3.54. The van der Waals surface area contributed by atoms with Gasteiger partial charge in [0.2, 0.25) is 5.95 Å². The van der Waals surface area contributed by atoms with Crippen molar-refractivity contribution in [2.24, 2.45) is 0 Å². The maximum absolute atomic E-state index is 13.1. The van der Waals surface area contributed by atoms with Gasteiger partial charge in [-0.3, -0.25) is 14.3 Å². The van der Waals surface area contributed by atoms with Gasteiger partial charge in [0.15, 0.2) is 23.5 Å². The maximum atomic E-state index is 13.1. The van der Waals surface area contributed by atoms with Crippen molar-refractivity contribution in [1.82, 2.24) is 19.5 Å². The smallest absolute Gasteiger partial charge is 0.338 e. The molecule has 2 aromatic heterocycles. The molecule has 0 unspecified atom stereocenters. The quantitative estimate of drug-likeness (QED) is 0.218. The molecule has 0 saturated carbocycles. The standard InChI is InChI=1S/C27H27N5O8/c1-36-12-13-37-21-20(40-26(35)17-10-6-3-7-11-17)18(14-38-25(34)16-8-4-2-5-9-16)39-24(21)32-15-29-19-22(32)30-27(28)31-23(19)33/h2-11,15,18,20-21,24H,12-14H2,1H3,(H3,28,30,31,33)/t18-,20-,21-,24-/m1/s1. The average molecular weight is 550 g/mol. The lowest BCUT2D eigenvalue weighted by Crippen LogP contribution is -2.40. The number of nitrogens with one attached hydrogen (secondary N) is 1. The molecule has 0 radical (unpaired) electrons. The van der Waals surface area contributed by atoms with Crippen LogP contribution in [-0.4, -0.2) is 76.7 Å². The van der Waals surface area contributed by atoms with Gasteiger partial charge in [0.05, 0.1) is 30.7 Å². The van der Waals surface area contributed by atoms with Gasteiger partial charge in [-0.05, 0) is 24.3 Å². The molecule has 13 heteroatoms. The number of carbonyl (C=O) groups excluding carboxylic acids is 2. The highest BCUT2D eigenvalue weighted by Gasteiger charge is 2.50. The Labute approximate surface area is 227 Å². The van der Waals surface area contributed by atoms with E-state index < -0.39 is 42.0 Å². The van der Waals surface area contributed by atoms with Gasteiger partial charge in [-0.1, -0.05) is 36.4 Å². The van der Waals surface area contributed by atoms with E-state index in [0.29, 0.717) is 11.1 Å². The third kappa shape index (κ3) is 5.71. The summed E-state index contributed by atoms with van der Waals surface area (Å²) in [7, 11) is 1.52. The molecule has 13 nitrogen and oxygen atoms in total. The number of nitrogens with zero attached hydrogens (tertiary/aromatic N) is 3. The number of hydrogen-bond acceptors (Lipinski definition) is 11. The number of benzene rings is 2. The van der Waals surface area contributed by atoms with Crippen molar-refractivity contribution in [1.29, 1.82) is 0 Å². The van der Waals surface area contributed by atoms with Crippen LogP contribution in [0.4, 0.5) is 5.95 Å². The molecule has 40 heavy (non-hydrogen) atoms. The van der Waals surface area contributed by atoms with E-state index in [1.54, 1.807) is 60.7 Å². The van der Waals surface area contributed by atoms with Crippen LogP contribution in [0.15, 0.2) is 71.8 Å². The molecule has 3 heterocycles. The summed E-state index contributed by atoms with van der Waals surface area (Å²) in [6.45, 7) is 0.107. The number of nitrogens with two attached hydrogens (primary N) is 1. The van der Waals surface area contributed by atoms with E-state index in [4.69, 9.17) is 29.4 Å². The zero-order valence-electron chi connectivity index (χ0n) is 21.5. The Morgan fingerprint density at radius 1 is 1.00 bits per heavy atom. The Bertz CT molecular complexity index is 1520. The first-order valence-electron chi connectivity index (χ1n) is 12.4. The van der Waals surface area contributed by atoms with Crippen molar-refractivity contribution in [3.63, 3.8) is 0 Å². The number of aromatic nitrogens is 4. The normalized spacial score (nSPS) is 20.4. The fourth-order valence-electron chi connectivity index (χ4n) is 4.36. The topological polar surface area (TPSA) is 170 Å². The summed E-state index contributed by atoms with van der Waals surface area (Å²) in [5.74, 6) is -1.31. The van der Waals surface area contributed by atoms with E-state index in [2.05, 4.69) is 15.0 Å². The van der Waals surface area contributed by atoms with Crippen molar-refractivity contribution in [2.45, 2.75) is 24.5 Å². The first-order valence-corrected chi connectivity index (χ1v) is 12.4. The predicted molar refractivity (Wildman–Crippen MR) is 140 cm³/mol. The Kier molecular flexibility index (Phi) is 8.15. The largest absolute Gasteiger partial charge is 0.459 e. The number of H-pyrrole nitrogens is 1. The monoisotopic (exact) mass is 549 g/mol. The molecule has 1 saturated heterocycles. The lowest BCUT2D eigenvalue weighted by molar-refractivity contribution is -0.0805. The number of anilines is 1. The summed E-state index contributed by atoms with van der Waals surface area (Å²) < 4.78 is 30.4. The lowest BCUT2D eigenvalue weighted by Gasteiger charge is -2.25. The van der Waals surface area contributed by atoms with E-state index in [1.807, 2.05) is 0 Å². The van der Waals surface area contributed by atoms with Gasteiger partial charge in [0.25, 0.3) is 5.56 Å². The highest BCUT2D eigenvalue weighted by atomic mass is 16.6. The van der Waals surface area contributed by atoms with Gasteiger partial charge in [-0.25, -0.2) is 14.6 Å². The summed E-state index contributed by atoms with van der Waals surface area (Å²) in [6.07, 6.45) is -2.53. The van der Waals surface area contributed by atoms with Crippen LogP contribution in [0.25, 0.3) is 11.2 Å². The minimum absolute atomic E-state index is 0.0326. The van der Waals surface area contributed by atoms with E-state index in [0.717, 1.165) is 0 Å². The number of nitrogen functional groups attached to an aromatic ring is 1. The van der Waals surface area contributed by atoms with E-state index in [1.165, 1.54) is 18.0 Å². The molecule has 4 aromatic rings. The molecule has 2 aromatic carbocycles. The Morgan fingerprint density at radius 3 is 2.35 bits per heavy atom. The molecule has 1 aliphatic heterocycles. The maximum Gasteiger partial charge on any atom is 0.338 e. The molecule has 5 rings (SSSR count). The van der Waals surface area contributed by atoms with Gasteiger partial charge in [0.1, 0.15) is 18.8 Å². The van der Waals surface area contributed by atoms with Crippen molar-refractivity contribution < 1.29 is 33.3 Å². The van der Waals surface area contributed by atoms with Crippen LogP contribution in [0.1, 0.15) is 26.9 Å². The Hall–Kier alpha value is -4.59. The molecular weight excluding hydrogens is 522 g/mol. The van der Waals surface area contributed by atoms with Crippen LogP contribution in [0, 0.1) is 0 Å². The third-order valence-electron chi connectivity index (χ3n) is 6.25. The Morgan fingerprint density at radius 2 is 1.68 bits per heavy atom. The summed E-state index contributed by atoms with van der Waals surface area (Å²) in [4.78, 5) is 49.0. The summed E-state index contributed by atoms with van der Waals surface area (Å²) >= 11 is 0. The van der Waals surface area contributed by atoms with Crippen LogP contribution in [0.2, 0.25) is 0 Å². The SMILES string of the molecule is COCCO[C@@H]1[C@H](OC(=O)c2ccccc2)[C@@H](COC(=O)c2ccccc2)O[C@H]1n1cnc2c(=O)[nH]c(N)nc21. The number of methoxy groups -OCH3 is 1. The molecule has 208 valence electrons. The Balaban J connectivity index is 1.49. The number of hydrogen-bond donors (Lipinski definition) is 2. The number of rotatable bonds is 10. The molecule has 0 bridgehead atoms. The van der Waals surface area contributed by atoms with Gasteiger partial charge in [0, 0.05) is 7.11 Å². The molecule has 0 spiro atoms. The van der Waals surface area contributed by atoms with Crippen molar-refractivity contribution >= 4 is 29.1 Å². The van der Waals surface area contributed by atoms with Crippen molar-refractivity contribution in [2.75, 3.05) is 32.7 Å². The van der Waals surface area contributed by atoms with Crippen LogP contribution >= 0.6 is 0 Å². The summed E-state index contributed by atoms with van der Waals surface area (Å²) in [5.41, 5.74) is 6.09. The van der Waals surface area contributed by atoms with Crippen LogP contribution in [0.3, 0.4) is 0 Å². The lowest BCUT2D eigenvalue weighted by atomic mass is 10.1. The van der Waals surface area contributed by atoms with Gasteiger partial charge in [-0.15, -0.1) is 0 Å². The highest BCUT2D eigenvalue weighted by Crippen LogP contribution is 2.36. The van der Waals surface area contributed by atoms with Gasteiger partial charge >= 0.3 is 11.9 Å². The minimum atomic E-state index is -1.03. The second-order valence-corrected chi connectivity index (χ2v) is 8.87. The number of carbonyl (C=O) groups is 2. The highest BCUT2D eigenvalue weighted by molar-refractivity contribution is 5.90. The second kappa shape index (κ2) is 12.1. The fraction of sp³-hybridized carbons (Fsp3) is 0.296. The van der Waals surface area contributed by atoms with E-state index in [9.17, 15) is 14.4 Å².